The van der Waals surface area contributed by atoms with E-state index in [0.29, 0.717) is 33.7 Å². The van der Waals surface area contributed by atoms with Crippen molar-refractivity contribution in [1.29, 1.82) is 0 Å². The fourth-order valence-electron chi connectivity index (χ4n) is 2.44. The van der Waals surface area contributed by atoms with E-state index in [1.54, 1.807) is 31.4 Å². The van der Waals surface area contributed by atoms with E-state index in [0.717, 1.165) is 0 Å². The number of methoxy groups -OCH3 is 1. The van der Waals surface area contributed by atoms with E-state index in [1.807, 2.05) is 6.92 Å². The Balaban J connectivity index is 1.98. The number of nitrogens with zero attached hydrogens (tertiary/aromatic N) is 1. The number of esters is 1. The summed E-state index contributed by atoms with van der Waals surface area (Å²) >= 11 is 3.42. The highest BCUT2D eigenvalue weighted by Crippen LogP contribution is 2.37. The second kappa shape index (κ2) is 7.70. The molecule has 0 saturated heterocycles. The zero-order valence-corrected chi connectivity index (χ0v) is 15.7. The predicted molar refractivity (Wildman–Crippen MR) is 98.9 cm³/mol. The highest BCUT2D eigenvalue weighted by molar-refractivity contribution is 9.10. The molecule has 1 heterocycles. The normalized spacial score (nSPS) is 15.0. The molecule has 0 saturated carbocycles. The molecule has 5 nitrogen and oxygen atoms in total. The van der Waals surface area contributed by atoms with E-state index >= 15 is 0 Å². The number of hydrogen-bond donors (Lipinski definition) is 0. The fourth-order valence-corrected chi connectivity index (χ4v) is 3.07. The van der Waals surface area contributed by atoms with Crippen molar-refractivity contribution in [2.45, 2.75) is 6.92 Å². The Morgan fingerprint density at radius 1 is 1.31 bits per heavy atom. The van der Waals surface area contributed by atoms with Crippen LogP contribution in [0.1, 0.15) is 18.1 Å². The van der Waals surface area contributed by atoms with Crippen LogP contribution in [-0.2, 0) is 9.53 Å². The molecule has 134 valence electrons. The van der Waals surface area contributed by atoms with E-state index < -0.39 is 11.8 Å². The third-order valence-electron chi connectivity index (χ3n) is 3.53. The molecule has 3 rings (SSSR count). The third kappa shape index (κ3) is 3.77. The number of hydrogen-bond acceptors (Lipinski definition) is 5. The van der Waals surface area contributed by atoms with E-state index in [9.17, 15) is 9.18 Å². The first-order valence-corrected chi connectivity index (χ1v) is 8.60. The minimum Gasteiger partial charge on any atom is -0.492 e. The smallest absolute Gasteiger partial charge is 0.363 e. The average Bonchev–Trinajstić information content (AvgIpc) is 2.96. The Bertz CT molecular complexity index is 924. The van der Waals surface area contributed by atoms with Crippen LogP contribution in [0.15, 0.2) is 51.6 Å². The monoisotopic (exact) mass is 419 g/mol. The summed E-state index contributed by atoms with van der Waals surface area (Å²) in [7, 11) is 1.55. The van der Waals surface area contributed by atoms with Gasteiger partial charge in [-0.25, -0.2) is 14.2 Å². The average molecular weight is 420 g/mol. The van der Waals surface area contributed by atoms with E-state index in [1.165, 1.54) is 18.2 Å². The van der Waals surface area contributed by atoms with Crippen molar-refractivity contribution in [3.8, 4) is 11.5 Å². The maximum atomic E-state index is 13.4. The molecule has 0 aliphatic carbocycles. The van der Waals surface area contributed by atoms with Gasteiger partial charge in [0.1, 0.15) is 5.82 Å². The number of ether oxygens (including phenoxy) is 3. The van der Waals surface area contributed by atoms with Crippen molar-refractivity contribution in [2.75, 3.05) is 13.7 Å². The molecular formula is C19H15BrFNO4. The summed E-state index contributed by atoms with van der Waals surface area (Å²) in [5.74, 6) is 0.135. The van der Waals surface area contributed by atoms with Gasteiger partial charge in [-0.3, -0.25) is 0 Å². The molecule has 7 heteroatoms. The molecule has 0 unspecified atom stereocenters. The lowest BCUT2D eigenvalue weighted by atomic mass is 10.1. The second-order valence-electron chi connectivity index (χ2n) is 5.31. The highest BCUT2D eigenvalue weighted by atomic mass is 79.9. The first-order chi connectivity index (χ1) is 12.5. The number of benzene rings is 2. The number of carbonyl (C=O) groups is 1. The van der Waals surface area contributed by atoms with Crippen LogP contribution >= 0.6 is 15.9 Å². The van der Waals surface area contributed by atoms with Crippen LogP contribution in [-0.4, -0.2) is 25.6 Å². The molecule has 2 aromatic rings. The summed E-state index contributed by atoms with van der Waals surface area (Å²) in [4.78, 5) is 16.3. The summed E-state index contributed by atoms with van der Waals surface area (Å²) in [5, 5.41) is 0. The molecule has 1 aliphatic heterocycles. The quantitative estimate of drug-likeness (QED) is 0.534. The molecule has 0 spiro atoms. The SMILES string of the molecule is CCOc1cc(C=C2N=C(c3cccc(F)c3)OC2=O)cc(Br)c1OC. The summed E-state index contributed by atoms with van der Waals surface area (Å²) in [6.07, 6.45) is 1.57. The van der Waals surface area contributed by atoms with E-state index in [2.05, 4.69) is 20.9 Å². The summed E-state index contributed by atoms with van der Waals surface area (Å²) < 4.78 is 30.1. The number of cyclic esters (lactones) is 1. The molecule has 0 amide bonds. The van der Waals surface area contributed by atoms with Crippen LogP contribution in [0.5, 0.6) is 11.5 Å². The lowest BCUT2D eigenvalue weighted by molar-refractivity contribution is -0.129. The van der Waals surface area contributed by atoms with Gasteiger partial charge in [-0.15, -0.1) is 0 Å². The van der Waals surface area contributed by atoms with Crippen LogP contribution in [0.25, 0.3) is 6.08 Å². The van der Waals surface area contributed by atoms with Gasteiger partial charge in [-0.1, -0.05) is 6.07 Å². The van der Waals surface area contributed by atoms with E-state index in [4.69, 9.17) is 14.2 Å². The number of carbonyl (C=O) groups excluding carboxylic acids is 1. The number of aliphatic imine (C=N–C) groups is 1. The van der Waals surface area contributed by atoms with Crippen LogP contribution in [0.2, 0.25) is 0 Å². The molecule has 0 N–H and O–H groups in total. The van der Waals surface area contributed by atoms with Gasteiger partial charge in [-0.05, 0) is 64.8 Å². The lowest BCUT2D eigenvalue weighted by Crippen LogP contribution is -2.05. The van der Waals surface area contributed by atoms with Crippen LogP contribution in [0, 0.1) is 5.82 Å². The topological polar surface area (TPSA) is 57.1 Å². The first kappa shape index (κ1) is 18.1. The fraction of sp³-hybridized carbons (Fsp3) is 0.158. The van der Waals surface area contributed by atoms with Crippen LogP contribution in [0.3, 0.4) is 0 Å². The Morgan fingerprint density at radius 3 is 2.81 bits per heavy atom. The van der Waals surface area contributed by atoms with Gasteiger partial charge in [0, 0.05) is 5.56 Å². The van der Waals surface area contributed by atoms with Crippen molar-refractivity contribution in [2.24, 2.45) is 4.99 Å². The largest absolute Gasteiger partial charge is 0.492 e. The van der Waals surface area contributed by atoms with Gasteiger partial charge in [0.05, 0.1) is 18.2 Å². The standard InChI is InChI=1S/C19H15BrFNO4/c1-3-25-16-9-11(7-14(20)17(16)24-2)8-15-19(23)26-18(22-15)12-5-4-6-13(21)10-12/h4-10H,3H2,1-2H3. The molecule has 0 atom stereocenters. The van der Waals surface area contributed by atoms with Crippen LogP contribution < -0.4 is 9.47 Å². The lowest BCUT2D eigenvalue weighted by Gasteiger charge is -2.12. The zero-order chi connectivity index (χ0) is 18.7. The Kier molecular flexibility index (Phi) is 5.37. The van der Waals surface area contributed by atoms with E-state index in [-0.39, 0.29) is 11.6 Å². The summed E-state index contributed by atoms with van der Waals surface area (Å²) in [6.45, 7) is 2.33. The maximum absolute atomic E-state index is 13.4. The molecule has 2 aromatic carbocycles. The van der Waals surface area contributed by atoms with Gasteiger partial charge in [0.25, 0.3) is 0 Å². The van der Waals surface area contributed by atoms with Gasteiger partial charge in [0.15, 0.2) is 17.2 Å². The van der Waals surface area contributed by atoms with Gasteiger partial charge in [-0.2, -0.15) is 0 Å². The number of rotatable bonds is 5. The second-order valence-corrected chi connectivity index (χ2v) is 6.17. The number of halogens is 2. The molecule has 26 heavy (non-hydrogen) atoms. The molecule has 0 aromatic heterocycles. The third-order valence-corrected chi connectivity index (χ3v) is 4.12. The van der Waals surface area contributed by atoms with Gasteiger partial charge >= 0.3 is 5.97 Å². The molecule has 0 radical (unpaired) electrons. The van der Waals surface area contributed by atoms with Crippen molar-refractivity contribution in [1.82, 2.24) is 0 Å². The maximum Gasteiger partial charge on any atom is 0.363 e. The molecule has 0 bridgehead atoms. The summed E-state index contributed by atoms with van der Waals surface area (Å²) in [6, 6.07) is 9.22. The highest BCUT2D eigenvalue weighted by Gasteiger charge is 2.24. The Morgan fingerprint density at radius 2 is 2.12 bits per heavy atom. The molecule has 0 fully saturated rings. The van der Waals surface area contributed by atoms with Crippen molar-refractivity contribution >= 4 is 33.9 Å². The Hall–Kier alpha value is -2.67. The van der Waals surface area contributed by atoms with Crippen molar-refractivity contribution in [3.63, 3.8) is 0 Å². The van der Waals surface area contributed by atoms with Crippen molar-refractivity contribution < 1.29 is 23.4 Å². The van der Waals surface area contributed by atoms with Gasteiger partial charge in [0.2, 0.25) is 5.90 Å². The Labute approximate surface area is 158 Å². The van der Waals surface area contributed by atoms with Crippen LogP contribution in [0.4, 0.5) is 4.39 Å². The predicted octanol–water partition coefficient (Wildman–Crippen LogP) is 4.34. The molecular weight excluding hydrogens is 405 g/mol. The minimum absolute atomic E-state index is 0.0679. The summed E-state index contributed by atoms with van der Waals surface area (Å²) in [5.41, 5.74) is 1.19. The minimum atomic E-state index is -0.603. The van der Waals surface area contributed by atoms with Crippen molar-refractivity contribution in [3.05, 3.63) is 63.5 Å². The molecule has 1 aliphatic rings. The van der Waals surface area contributed by atoms with Gasteiger partial charge < -0.3 is 14.2 Å². The first-order valence-electron chi connectivity index (χ1n) is 7.80. The zero-order valence-electron chi connectivity index (χ0n) is 14.1.